The molecule has 3 nitrogen and oxygen atoms in total. The predicted octanol–water partition coefficient (Wildman–Crippen LogP) is 2.23. The summed E-state index contributed by atoms with van der Waals surface area (Å²) in [6, 6.07) is 7.85. The largest absolute Gasteiger partial charge is 0.396 e. The molecule has 0 aliphatic carbocycles. The number of benzene rings is 1. The van der Waals surface area contributed by atoms with Crippen LogP contribution in [0, 0.1) is 0 Å². The number of Topliss-reactive ketones (excluding diaryl/α,β-unsaturated/α-hetero) is 1. The van der Waals surface area contributed by atoms with E-state index >= 15 is 0 Å². The number of nitrogens with zero attached hydrogens (tertiary/aromatic N) is 1. The Bertz CT molecular complexity index is 514. The summed E-state index contributed by atoms with van der Waals surface area (Å²) in [6.45, 7) is 2.49. The van der Waals surface area contributed by atoms with E-state index in [4.69, 9.17) is 5.11 Å². The van der Waals surface area contributed by atoms with E-state index in [9.17, 15) is 4.79 Å². The highest BCUT2D eigenvalue weighted by Crippen LogP contribution is 2.21. The molecule has 0 fully saturated rings. The number of aliphatic hydroxyl groups is 1. The molecule has 1 heterocycles. The lowest BCUT2D eigenvalue weighted by Crippen LogP contribution is -1.98. The summed E-state index contributed by atoms with van der Waals surface area (Å²) >= 11 is 0. The van der Waals surface area contributed by atoms with Crippen molar-refractivity contribution in [2.45, 2.75) is 19.9 Å². The summed E-state index contributed by atoms with van der Waals surface area (Å²) in [5, 5.41) is 9.83. The molecule has 0 aliphatic heterocycles. The van der Waals surface area contributed by atoms with E-state index in [0.717, 1.165) is 23.0 Å². The third-order valence-electron chi connectivity index (χ3n) is 2.73. The molecule has 0 saturated heterocycles. The fourth-order valence-electron chi connectivity index (χ4n) is 1.95. The molecule has 3 heteroatoms. The van der Waals surface area contributed by atoms with Crippen LogP contribution in [-0.4, -0.2) is 22.1 Å². The Labute approximate surface area is 94.3 Å². The van der Waals surface area contributed by atoms with Crippen molar-refractivity contribution in [3.63, 3.8) is 0 Å². The third-order valence-corrected chi connectivity index (χ3v) is 2.73. The summed E-state index contributed by atoms with van der Waals surface area (Å²) < 4.78 is 2.03. The van der Waals surface area contributed by atoms with Gasteiger partial charge in [-0.3, -0.25) is 4.79 Å². The summed E-state index contributed by atoms with van der Waals surface area (Å²) in [6.07, 6.45) is 2.58. The van der Waals surface area contributed by atoms with Crippen molar-refractivity contribution in [3.05, 3.63) is 36.0 Å². The van der Waals surface area contributed by atoms with Gasteiger partial charge in [0, 0.05) is 35.8 Å². The van der Waals surface area contributed by atoms with Gasteiger partial charge < -0.3 is 9.67 Å². The topological polar surface area (TPSA) is 42.2 Å². The van der Waals surface area contributed by atoms with Gasteiger partial charge in [0.15, 0.2) is 5.78 Å². The SMILES string of the molecule is CC(=O)c1cn(CCCO)c2ccccc12. The van der Waals surface area contributed by atoms with Crippen LogP contribution in [0.25, 0.3) is 10.9 Å². The number of hydrogen-bond donors (Lipinski definition) is 1. The quantitative estimate of drug-likeness (QED) is 0.798. The Hall–Kier alpha value is -1.61. The lowest BCUT2D eigenvalue weighted by atomic mass is 10.1. The second-order valence-electron chi connectivity index (χ2n) is 3.89. The zero-order chi connectivity index (χ0) is 11.5. The number of carbonyl (C=O) groups excluding carboxylic acids is 1. The molecule has 0 radical (unpaired) electrons. The van der Waals surface area contributed by atoms with E-state index in [1.54, 1.807) is 6.92 Å². The fourth-order valence-corrected chi connectivity index (χ4v) is 1.95. The summed E-state index contributed by atoms with van der Waals surface area (Å²) in [7, 11) is 0. The van der Waals surface area contributed by atoms with Crippen molar-refractivity contribution in [1.29, 1.82) is 0 Å². The van der Waals surface area contributed by atoms with E-state index in [0.29, 0.717) is 6.42 Å². The summed E-state index contributed by atoms with van der Waals surface area (Å²) in [5.74, 6) is 0.0824. The fraction of sp³-hybridized carbons (Fsp3) is 0.308. The van der Waals surface area contributed by atoms with Crippen molar-refractivity contribution in [2.24, 2.45) is 0 Å². The minimum Gasteiger partial charge on any atom is -0.396 e. The second-order valence-corrected chi connectivity index (χ2v) is 3.89. The highest BCUT2D eigenvalue weighted by atomic mass is 16.3. The van der Waals surface area contributed by atoms with Gasteiger partial charge in [-0.2, -0.15) is 0 Å². The number of aliphatic hydroxyl groups excluding tert-OH is 1. The van der Waals surface area contributed by atoms with Crippen LogP contribution >= 0.6 is 0 Å². The zero-order valence-corrected chi connectivity index (χ0v) is 9.31. The number of para-hydroxylation sites is 1. The van der Waals surface area contributed by atoms with Crippen molar-refractivity contribution >= 4 is 16.7 Å². The molecular formula is C13H15NO2. The van der Waals surface area contributed by atoms with Crippen LogP contribution < -0.4 is 0 Å². The normalized spacial score (nSPS) is 10.9. The van der Waals surface area contributed by atoms with Gasteiger partial charge in [-0.05, 0) is 19.4 Å². The standard InChI is InChI=1S/C13H15NO2/c1-10(16)12-9-14(7-4-8-15)13-6-3-2-5-11(12)13/h2-3,5-6,9,15H,4,7-8H2,1H3. The van der Waals surface area contributed by atoms with Crippen LogP contribution in [-0.2, 0) is 6.54 Å². The highest BCUT2D eigenvalue weighted by molar-refractivity contribution is 6.06. The van der Waals surface area contributed by atoms with Crippen LogP contribution in [0.4, 0.5) is 0 Å². The van der Waals surface area contributed by atoms with Gasteiger partial charge in [-0.1, -0.05) is 18.2 Å². The number of aryl methyl sites for hydroxylation is 1. The maximum atomic E-state index is 11.5. The molecule has 0 bridgehead atoms. The second kappa shape index (κ2) is 4.49. The Morgan fingerprint density at radius 3 is 2.81 bits per heavy atom. The number of fused-ring (bicyclic) bond motifs is 1. The average Bonchev–Trinajstić information content (AvgIpc) is 2.65. The lowest BCUT2D eigenvalue weighted by molar-refractivity contribution is 0.101. The molecule has 1 aromatic heterocycles. The highest BCUT2D eigenvalue weighted by Gasteiger charge is 2.10. The molecule has 84 valence electrons. The van der Waals surface area contributed by atoms with E-state index in [1.165, 1.54) is 0 Å². The first-order chi connectivity index (χ1) is 7.74. The van der Waals surface area contributed by atoms with Crippen molar-refractivity contribution < 1.29 is 9.90 Å². The van der Waals surface area contributed by atoms with E-state index in [2.05, 4.69) is 0 Å². The Kier molecular flexibility index (Phi) is 3.06. The Morgan fingerprint density at radius 2 is 2.12 bits per heavy atom. The minimum absolute atomic E-state index is 0.0824. The first-order valence-electron chi connectivity index (χ1n) is 5.43. The smallest absolute Gasteiger partial charge is 0.161 e. The minimum atomic E-state index is 0.0824. The third kappa shape index (κ3) is 1.86. The van der Waals surface area contributed by atoms with Crippen LogP contribution in [0.5, 0.6) is 0 Å². The first-order valence-corrected chi connectivity index (χ1v) is 5.43. The monoisotopic (exact) mass is 217 g/mol. The molecule has 0 unspecified atom stereocenters. The number of carbonyl (C=O) groups is 1. The molecule has 16 heavy (non-hydrogen) atoms. The summed E-state index contributed by atoms with van der Waals surface area (Å²) in [4.78, 5) is 11.5. The van der Waals surface area contributed by atoms with Gasteiger partial charge in [0.1, 0.15) is 0 Å². The van der Waals surface area contributed by atoms with Gasteiger partial charge in [0.2, 0.25) is 0 Å². The van der Waals surface area contributed by atoms with Gasteiger partial charge in [0.25, 0.3) is 0 Å². The van der Waals surface area contributed by atoms with Crippen LogP contribution in [0.1, 0.15) is 23.7 Å². The number of ketones is 1. The van der Waals surface area contributed by atoms with Gasteiger partial charge in [0.05, 0.1) is 0 Å². The van der Waals surface area contributed by atoms with Crippen molar-refractivity contribution in [3.8, 4) is 0 Å². The van der Waals surface area contributed by atoms with E-state index in [1.807, 2.05) is 35.0 Å². The van der Waals surface area contributed by atoms with Crippen molar-refractivity contribution in [1.82, 2.24) is 4.57 Å². The predicted molar refractivity (Wildman–Crippen MR) is 63.6 cm³/mol. The van der Waals surface area contributed by atoms with Crippen molar-refractivity contribution in [2.75, 3.05) is 6.61 Å². The number of hydrogen-bond acceptors (Lipinski definition) is 2. The molecule has 0 aliphatic rings. The number of aromatic nitrogens is 1. The molecule has 0 atom stereocenters. The van der Waals surface area contributed by atoms with Gasteiger partial charge in [-0.25, -0.2) is 0 Å². The Balaban J connectivity index is 2.53. The van der Waals surface area contributed by atoms with Gasteiger partial charge in [-0.15, -0.1) is 0 Å². The summed E-state index contributed by atoms with van der Waals surface area (Å²) in [5.41, 5.74) is 1.81. The van der Waals surface area contributed by atoms with E-state index < -0.39 is 0 Å². The van der Waals surface area contributed by atoms with Gasteiger partial charge >= 0.3 is 0 Å². The van der Waals surface area contributed by atoms with Crippen LogP contribution in [0.15, 0.2) is 30.5 Å². The molecule has 1 aromatic carbocycles. The van der Waals surface area contributed by atoms with Crippen LogP contribution in [0.2, 0.25) is 0 Å². The molecular weight excluding hydrogens is 202 g/mol. The zero-order valence-electron chi connectivity index (χ0n) is 9.31. The molecule has 2 aromatic rings. The maximum absolute atomic E-state index is 11.5. The average molecular weight is 217 g/mol. The Morgan fingerprint density at radius 1 is 1.38 bits per heavy atom. The molecule has 2 rings (SSSR count). The van der Waals surface area contributed by atoms with Crippen LogP contribution in [0.3, 0.4) is 0 Å². The molecule has 0 saturated carbocycles. The molecule has 0 spiro atoms. The van der Waals surface area contributed by atoms with E-state index in [-0.39, 0.29) is 12.4 Å². The molecule has 0 amide bonds. The maximum Gasteiger partial charge on any atom is 0.161 e. The lowest BCUT2D eigenvalue weighted by Gasteiger charge is -2.02. The first kappa shape index (κ1) is 10.9. The molecule has 1 N–H and O–H groups in total. The number of rotatable bonds is 4.